The Morgan fingerprint density at radius 1 is 1.07 bits per heavy atom. The fraction of sp³-hybridized carbons (Fsp3) is 0. The zero-order chi connectivity index (χ0) is 10.7. The van der Waals surface area contributed by atoms with Crippen molar-refractivity contribution >= 4 is 11.5 Å². The first-order valence-corrected chi connectivity index (χ1v) is 4.64. The summed E-state index contributed by atoms with van der Waals surface area (Å²) in [7, 11) is 0. The van der Waals surface area contributed by atoms with Gasteiger partial charge in [0, 0.05) is 16.8 Å². The quantitative estimate of drug-likeness (QED) is 0.591. The second-order valence-electron chi connectivity index (χ2n) is 3.24. The first-order valence-electron chi connectivity index (χ1n) is 4.64. The van der Waals surface area contributed by atoms with Crippen LogP contribution < -0.4 is 5.73 Å². The van der Waals surface area contributed by atoms with Crippen molar-refractivity contribution in [3.8, 4) is 0 Å². The van der Waals surface area contributed by atoms with Crippen LogP contribution in [0.5, 0.6) is 0 Å². The summed E-state index contributed by atoms with van der Waals surface area (Å²) in [6, 6.07) is 16.8. The molecule has 0 aliphatic carbocycles. The molecule has 15 heavy (non-hydrogen) atoms. The van der Waals surface area contributed by atoms with E-state index >= 15 is 0 Å². The van der Waals surface area contributed by atoms with Crippen molar-refractivity contribution in [2.75, 3.05) is 5.73 Å². The molecule has 0 atom stereocenters. The number of ketones is 1. The number of rotatable bonds is 2. The van der Waals surface area contributed by atoms with Crippen LogP contribution in [0.2, 0.25) is 0 Å². The van der Waals surface area contributed by atoms with Gasteiger partial charge < -0.3 is 5.73 Å². The largest absolute Gasteiger partial charge is 0.399 e. The summed E-state index contributed by atoms with van der Waals surface area (Å²) in [6.07, 6.45) is 0. The second kappa shape index (κ2) is 3.96. The van der Waals surface area contributed by atoms with Crippen molar-refractivity contribution in [2.24, 2.45) is 0 Å². The third-order valence-electron chi connectivity index (χ3n) is 2.13. The van der Waals surface area contributed by atoms with Gasteiger partial charge in [0.05, 0.1) is 0 Å². The van der Waals surface area contributed by atoms with E-state index in [1.807, 2.05) is 0 Å². The Hall–Kier alpha value is -2.09. The maximum absolute atomic E-state index is 11.9. The minimum Gasteiger partial charge on any atom is -0.399 e. The molecule has 1 radical (unpaired) electrons. The molecule has 0 unspecified atom stereocenters. The highest BCUT2D eigenvalue weighted by Crippen LogP contribution is 2.12. The Labute approximate surface area is 88.4 Å². The van der Waals surface area contributed by atoms with Gasteiger partial charge in [-0.2, -0.15) is 0 Å². The molecule has 2 N–H and O–H groups in total. The van der Waals surface area contributed by atoms with Gasteiger partial charge in [-0.1, -0.05) is 36.4 Å². The highest BCUT2D eigenvalue weighted by atomic mass is 16.1. The van der Waals surface area contributed by atoms with Crippen molar-refractivity contribution in [1.29, 1.82) is 0 Å². The van der Waals surface area contributed by atoms with E-state index in [4.69, 9.17) is 5.73 Å². The van der Waals surface area contributed by atoms with Gasteiger partial charge in [-0.3, -0.25) is 4.79 Å². The number of benzene rings is 2. The fourth-order valence-electron chi connectivity index (χ4n) is 1.38. The number of carbonyl (C=O) groups excluding carboxylic acids is 1. The van der Waals surface area contributed by atoms with Crippen LogP contribution >= 0.6 is 0 Å². The highest BCUT2D eigenvalue weighted by molar-refractivity contribution is 6.09. The van der Waals surface area contributed by atoms with Crippen LogP contribution in [0, 0.1) is 6.07 Å². The maximum atomic E-state index is 11.9. The SMILES string of the molecule is Nc1cccc(C(=O)c2cc[c]cc2)c1. The normalized spacial score (nSPS) is 9.87. The van der Waals surface area contributed by atoms with Crippen LogP contribution in [-0.2, 0) is 0 Å². The van der Waals surface area contributed by atoms with Gasteiger partial charge in [-0.25, -0.2) is 0 Å². The standard InChI is InChI=1S/C13H10NO/c14-12-8-4-7-11(9-12)13(15)10-5-2-1-3-6-10/h2-9H,14H2. The van der Waals surface area contributed by atoms with Crippen LogP contribution in [0.1, 0.15) is 15.9 Å². The topological polar surface area (TPSA) is 43.1 Å². The summed E-state index contributed by atoms with van der Waals surface area (Å²) in [5.74, 6) is -0.0173. The van der Waals surface area contributed by atoms with Gasteiger partial charge in [0.2, 0.25) is 0 Å². The van der Waals surface area contributed by atoms with Crippen LogP contribution in [0.4, 0.5) is 5.69 Å². The summed E-state index contributed by atoms with van der Waals surface area (Å²) in [5.41, 5.74) is 7.48. The van der Waals surface area contributed by atoms with Gasteiger partial charge in [0.1, 0.15) is 0 Å². The van der Waals surface area contributed by atoms with Crippen molar-refractivity contribution in [2.45, 2.75) is 0 Å². The molecule has 0 amide bonds. The lowest BCUT2D eigenvalue weighted by Crippen LogP contribution is -2.01. The molecule has 0 heterocycles. The number of nitrogen functional groups attached to an aromatic ring is 1. The van der Waals surface area contributed by atoms with E-state index in [2.05, 4.69) is 6.07 Å². The van der Waals surface area contributed by atoms with E-state index in [1.165, 1.54) is 0 Å². The highest BCUT2D eigenvalue weighted by Gasteiger charge is 2.07. The van der Waals surface area contributed by atoms with Gasteiger partial charge in [0.25, 0.3) is 0 Å². The zero-order valence-electron chi connectivity index (χ0n) is 8.10. The number of hydrogen-bond donors (Lipinski definition) is 1. The molecule has 2 aromatic carbocycles. The summed E-state index contributed by atoms with van der Waals surface area (Å²) >= 11 is 0. The van der Waals surface area contributed by atoms with Crippen molar-refractivity contribution < 1.29 is 4.79 Å². The molecule has 0 aromatic heterocycles. The molecule has 2 rings (SSSR count). The second-order valence-corrected chi connectivity index (χ2v) is 3.24. The van der Waals surface area contributed by atoms with E-state index < -0.39 is 0 Å². The van der Waals surface area contributed by atoms with Crippen LogP contribution in [0.15, 0.2) is 48.5 Å². The fourth-order valence-corrected chi connectivity index (χ4v) is 1.38. The summed E-state index contributed by atoms with van der Waals surface area (Å²) in [5, 5.41) is 0. The van der Waals surface area contributed by atoms with E-state index in [-0.39, 0.29) is 5.78 Å². The Balaban J connectivity index is 2.37. The maximum Gasteiger partial charge on any atom is 0.193 e. The Kier molecular flexibility index (Phi) is 2.50. The van der Waals surface area contributed by atoms with Gasteiger partial charge in [0.15, 0.2) is 5.78 Å². The lowest BCUT2D eigenvalue weighted by atomic mass is 10.0. The molecule has 0 fully saturated rings. The predicted molar refractivity (Wildman–Crippen MR) is 59.6 cm³/mol. The first kappa shape index (κ1) is 9.46. The minimum atomic E-state index is -0.0173. The van der Waals surface area contributed by atoms with Gasteiger partial charge >= 0.3 is 0 Å². The minimum absolute atomic E-state index is 0.0173. The molecule has 0 saturated carbocycles. The number of carbonyl (C=O) groups is 1. The van der Waals surface area contributed by atoms with Crippen molar-refractivity contribution in [1.82, 2.24) is 0 Å². The third kappa shape index (κ3) is 2.05. The van der Waals surface area contributed by atoms with Gasteiger partial charge in [-0.15, -0.1) is 0 Å². The zero-order valence-corrected chi connectivity index (χ0v) is 8.10. The molecule has 2 aromatic rings. The Morgan fingerprint density at radius 2 is 1.80 bits per heavy atom. The van der Waals surface area contributed by atoms with Crippen molar-refractivity contribution in [3.63, 3.8) is 0 Å². The molecule has 73 valence electrons. The monoisotopic (exact) mass is 196 g/mol. The van der Waals surface area contributed by atoms with E-state index in [1.54, 1.807) is 48.5 Å². The summed E-state index contributed by atoms with van der Waals surface area (Å²) < 4.78 is 0. The van der Waals surface area contributed by atoms with Crippen LogP contribution in [-0.4, -0.2) is 5.78 Å². The average Bonchev–Trinajstić information content (AvgIpc) is 2.29. The number of anilines is 1. The molecule has 0 saturated heterocycles. The summed E-state index contributed by atoms with van der Waals surface area (Å²) in [6.45, 7) is 0. The summed E-state index contributed by atoms with van der Waals surface area (Å²) in [4.78, 5) is 11.9. The average molecular weight is 196 g/mol. The lowest BCUT2D eigenvalue weighted by molar-refractivity contribution is 0.103. The molecule has 0 aliphatic heterocycles. The molecule has 2 nitrogen and oxygen atoms in total. The van der Waals surface area contributed by atoms with Gasteiger partial charge in [-0.05, 0) is 18.2 Å². The molecule has 0 spiro atoms. The van der Waals surface area contributed by atoms with Crippen molar-refractivity contribution in [3.05, 3.63) is 65.7 Å². The smallest absolute Gasteiger partial charge is 0.193 e. The van der Waals surface area contributed by atoms with E-state index in [0.29, 0.717) is 16.8 Å². The first-order chi connectivity index (χ1) is 7.27. The Morgan fingerprint density at radius 3 is 2.47 bits per heavy atom. The van der Waals surface area contributed by atoms with E-state index in [9.17, 15) is 4.79 Å². The molecule has 0 bridgehead atoms. The molecular formula is C13H10NO. The lowest BCUT2D eigenvalue weighted by Gasteiger charge is -2.01. The molecular weight excluding hydrogens is 186 g/mol. The number of nitrogens with two attached hydrogens (primary N) is 1. The third-order valence-corrected chi connectivity index (χ3v) is 2.13. The predicted octanol–water partition coefficient (Wildman–Crippen LogP) is 2.30. The molecule has 0 aliphatic rings. The van der Waals surface area contributed by atoms with Crippen LogP contribution in [0.25, 0.3) is 0 Å². The van der Waals surface area contributed by atoms with E-state index in [0.717, 1.165) is 0 Å². The number of hydrogen-bond acceptors (Lipinski definition) is 2. The van der Waals surface area contributed by atoms with Crippen LogP contribution in [0.3, 0.4) is 0 Å². The molecule has 2 heteroatoms. The Bertz CT molecular complexity index is 477.